The summed E-state index contributed by atoms with van der Waals surface area (Å²) in [5.74, 6) is 3.55. The van der Waals surface area contributed by atoms with Crippen molar-refractivity contribution in [3.63, 3.8) is 0 Å². The third-order valence-electron chi connectivity index (χ3n) is 5.08. The minimum Gasteiger partial charge on any atom is -0.493 e. The SMILES string of the molecule is COc1cccc(NC(=O)Nc2ccc(Nc3cc(Nc4cc(C)ccn4)nc(C)n3)cc2)c1OC. The van der Waals surface area contributed by atoms with Gasteiger partial charge in [-0.25, -0.2) is 19.7 Å². The Hall–Kier alpha value is -4.86. The number of aryl methyl sites for hydroxylation is 2. The molecule has 4 N–H and O–H groups in total. The number of rotatable bonds is 8. The highest BCUT2D eigenvalue weighted by atomic mass is 16.5. The van der Waals surface area contributed by atoms with E-state index in [1.165, 1.54) is 7.11 Å². The van der Waals surface area contributed by atoms with Crippen LogP contribution in [0.5, 0.6) is 11.5 Å². The fourth-order valence-corrected chi connectivity index (χ4v) is 3.49. The Balaban J connectivity index is 1.40. The van der Waals surface area contributed by atoms with Crippen LogP contribution in [0.15, 0.2) is 66.9 Å². The zero-order valence-corrected chi connectivity index (χ0v) is 20.4. The molecule has 0 fully saturated rings. The molecule has 0 radical (unpaired) electrons. The molecule has 0 aliphatic carbocycles. The van der Waals surface area contributed by atoms with Crippen molar-refractivity contribution in [2.24, 2.45) is 0 Å². The summed E-state index contributed by atoms with van der Waals surface area (Å²) in [5, 5.41) is 12.0. The maximum Gasteiger partial charge on any atom is 0.323 e. The second kappa shape index (κ2) is 11.0. The summed E-state index contributed by atoms with van der Waals surface area (Å²) in [6.07, 6.45) is 1.74. The van der Waals surface area contributed by atoms with Gasteiger partial charge >= 0.3 is 6.03 Å². The van der Waals surface area contributed by atoms with E-state index >= 15 is 0 Å². The topological polar surface area (TPSA) is 122 Å². The molecular weight excluding hydrogens is 458 g/mol. The fourth-order valence-electron chi connectivity index (χ4n) is 3.49. The number of nitrogens with one attached hydrogen (secondary N) is 4. The first kappa shape index (κ1) is 24.3. The van der Waals surface area contributed by atoms with Crippen LogP contribution in [-0.2, 0) is 0 Å². The van der Waals surface area contributed by atoms with Crippen molar-refractivity contribution in [3.8, 4) is 11.5 Å². The molecule has 2 amide bonds. The van der Waals surface area contributed by atoms with Gasteiger partial charge in [-0.15, -0.1) is 0 Å². The van der Waals surface area contributed by atoms with Crippen LogP contribution in [0.1, 0.15) is 11.4 Å². The number of carbonyl (C=O) groups is 1. The van der Waals surface area contributed by atoms with Crippen molar-refractivity contribution >= 4 is 40.5 Å². The van der Waals surface area contributed by atoms with Crippen LogP contribution < -0.4 is 30.7 Å². The Morgan fingerprint density at radius 1 is 0.778 bits per heavy atom. The van der Waals surface area contributed by atoms with Crippen molar-refractivity contribution in [2.45, 2.75) is 13.8 Å². The van der Waals surface area contributed by atoms with Crippen LogP contribution in [0.25, 0.3) is 0 Å². The van der Waals surface area contributed by atoms with E-state index in [-0.39, 0.29) is 0 Å². The van der Waals surface area contributed by atoms with E-state index in [1.54, 1.807) is 49.7 Å². The Labute approximate surface area is 209 Å². The molecule has 2 aromatic heterocycles. The van der Waals surface area contributed by atoms with Gasteiger partial charge in [-0.2, -0.15) is 0 Å². The first-order valence-corrected chi connectivity index (χ1v) is 11.1. The van der Waals surface area contributed by atoms with Gasteiger partial charge in [0.25, 0.3) is 0 Å². The van der Waals surface area contributed by atoms with E-state index < -0.39 is 6.03 Å². The summed E-state index contributed by atoms with van der Waals surface area (Å²) in [6, 6.07) is 17.8. The zero-order chi connectivity index (χ0) is 25.5. The maximum absolute atomic E-state index is 12.5. The Morgan fingerprint density at radius 3 is 2.19 bits per heavy atom. The molecule has 10 nitrogen and oxygen atoms in total. The molecule has 0 atom stereocenters. The lowest BCUT2D eigenvalue weighted by Gasteiger charge is -2.14. The molecule has 4 rings (SSSR count). The summed E-state index contributed by atoms with van der Waals surface area (Å²) in [5.41, 5.74) is 3.01. The van der Waals surface area contributed by atoms with E-state index in [1.807, 2.05) is 38.1 Å². The largest absolute Gasteiger partial charge is 0.493 e. The second-order valence-corrected chi connectivity index (χ2v) is 7.85. The second-order valence-electron chi connectivity index (χ2n) is 7.85. The first-order chi connectivity index (χ1) is 17.4. The predicted octanol–water partition coefficient (Wildman–Crippen LogP) is 5.64. The van der Waals surface area contributed by atoms with E-state index in [2.05, 4.69) is 36.2 Å². The van der Waals surface area contributed by atoms with Crippen LogP contribution in [0.4, 0.5) is 39.3 Å². The van der Waals surface area contributed by atoms with Crippen molar-refractivity contribution in [1.29, 1.82) is 0 Å². The van der Waals surface area contributed by atoms with Crippen molar-refractivity contribution in [1.82, 2.24) is 15.0 Å². The number of anilines is 6. The van der Waals surface area contributed by atoms with Gasteiger partial charge in [0.2, 0.25) is 0 Å². The van der Waals surface area contributed by atoms with Gasteiger partial charge in [0, 0.05) is 23.6 Å². The van der Waals surface area contributed by atoms with Crippen LogP contribution in [0.2, 0.25) is 0 Å². The van der Waals surface area contributed by atoms with Crippen LogP contribution in [0.3, 0.4) is 0 Å². The average molecular weight is 486 g/mol. The normalized spacial score (nSPS) is 10.3. The standard InChI is InChI=1S/C26H27N7O3/c1-16-12-13-27-22(14-16)33-24-15-23(28-17(2)29-24)30-18-8-10-19(11-9-18)31-26(34)32-20-6-5-7-21(35-3)25(20)36-4/h5-15H,1-4H3,(H2,31,32,34)(H2,27,28,29,30,33). The average Bonchev–Trinajstić information content (AvgIpc) is 2.84. The number of urea groups is 1. The van der Waals surface area contributed by atoms with Crippen molar-refractivity contribution < 1.29 is 14.3 Å². The molecule has 0 spiro atoms. The summed E-state index contributed by atoms with van der Waals surface area (Å²) in [7, 11) is 3.06. The van der Waals surface area contributed by atoms with Crippen LogP contribution >= 0.6 is 0 Å². The maximum atomic E-state index is 12.5. The van der Waals surface area contributed by atoms with E-state index in [0.29, 0.717) is 46.2 Å². The number of carbonyl (C=O) groups excluding carboxylic acids is 1. The number of amides is 2. The van der Waals surface area contributed by atoms with Gasteiger partial charge in [-0.3, -0.25) is 0 Å². The first-order valence-electron chi connectivity index (χ1n) is 11.1. The fraction of sp³-hybridized carbons (Fsp3) is 0.154. The number of pyridine rings is 1. The number of para-hydroxylation sites is 1. The Kier molecular flexibility index (Phi) is 7.45. The van der Waals surface area contributed by atoms with E-state index in [0.717, 1.165) is 11.3 Å². The number of nitrogens with zero attached hydrogens (tertiary/aromatic N) is 3. The lowest BCUT2D eigenvalue weighted by Crippen LogP contribution is -2.19. The lowest BCUT2D eigenvalue weighted by atomic mass is 10.2. The smallest absolute Gasteiger partial charge is 0.323 e. The lowest BCUT2D eigenvalue weighted by molar-refractivity contribution is 0.262. The van der Waals surface area contributed by atoms with Crippen molar-refractivity contribution in [2.75, 3.05) is 35.5 Å². The highest BCUT2D eigenvalue weighted by molar-refractivity contribution is 6.01. The molecule has 2 heterocycles. The van der Waals surface area contributed by atoms with Gasteiger partial charge in [0.1, 0.15) is 23.3 Å². The molecule has 0 saturated carbocycles. The summed E-state index contributed by atoms with van der Waals surface area (Å²) in [4.78, 5) is 25.7. The molecule has 2 aromatic carbocycles. The highest BCUT2D eigenvalue weighted by Gasteiger charge is 2.12. The molecule has 0 aliphatic rings. The number of methoxy groups -OCH3 is 2. The van der Waals surface area contributed by atoms with Crippen molar-refractivity contribution in [3.05, 3.63) is 78.2 Å². The summed E-state index contributed by atoms with van der Waals surface area (Å²) >= 11 is 0. The van der Waals surface area contributed by atoms with E-state index in [4.69, 9.17) is 9.47 Å². The highest BCUT2D eigenvalue weighted by Crippen LogP contribution is 2.34. The summed E-state index contributed by atoms with van der Waals surface area (Å²) < 4.78 is 10.6. The molecule has 0 saturated heterocycles. The zero-order valence-electron chi connectivity index (χ0n) is 20.4. The molecule has 36 heavy (non-hydrogen) atoms. The molecule has 0 aliphatic heterocycles. The van der Waals surface area contributed by atoms with Gasteiger partial charge < -0.3 is 30.7 Å². The molecule has 0 bridgehead atoms. The Bertz CT molecular complexity index is 1360. The van der Waals surface area contributed by atoms with E-state index in [9.17, 15) is 4.79 Å². The number of ether oxygens (including phenoxy) is 2. The van der Waals surface area contributed by atoms with Gasteiger partial charge in [0.15, 0.2) is 11.5 Å². The molecular formula is C26H27N7O3. The monoisotopic (exact) mass is 485 g/mol. The number of benzene rings is 2. The molecule has 184 valence electrons. The quantitative estimate of drug-likeness (QED) is 0.253. The van der Waals surface area contributed by atoms with Crippen LogP contribution in [0, 0.1) is 13.8 Å². The minimum atomic E-state index is -0.408. The third kappa shape index (κ3) is 6.17. The molecule has 0 unspecified atom stereocenters. The number of hydrogen-bond acceptors (Lipinski definition) is 8. The van der Waals surface area contributed by atoms with Crippen LogP contribution in [-0.4, -0.2) is 35.2 Å². The third-order valence-corrected chi connectivity index (χ3v) is 5.08. The number of aromatic nitrogens is 3. The minimum absolute atomic E-state index is 0.408. The number of hydrogen-bond donors (Lipinski definition) is 4. The predicted molar refractivity (Wildman–Crippen MR) is 141 cm³/mol. The van der Waals surface area contributed by atoms with Gasteiger partial charge in [-0.05, 0) is 67.9 Å². The summed E-state index contributed by atoms with van der Waals surface area (Å²) in [6.45, 7) is 3.83. The molecule has 10 heteroatoms. The molecule has 4 aromatic rings. The Morgan fingerprint density at radius 2 is 1.50 bits per heavy atom. The van der Waals surface area contributed by atoms with Gasteiger partial charge in [0.05, 0.1) is 19.9 Å². The van der Waals surface area contributed by atoms with Gasteiger partial charge in [-0.1, -0.05) is 6.07 Å².